The van der Waals surface area contributed by atoms with Crippen LogP contribution in [0.25, 0.3) is 0 Å². The Morgan fingerprint density at radius 2 is 1.52 bits per heavy atom. The van der Waals surface area contributed by atoms with Gasteiger partial charge in [0.15, 0.2) is 0 Å². The molecule has 1 aliphatic heterocycles. The van der Waals surface area contributed by atoms with Crippen molar-refractivity contribution in [1.29, 1.82) is 0 Å². The molecule has 0 radical (unpaired) electrons. The molecule has 2 unspecified atom stereocenters. The number of carbonyl (C=O) groups is 3. The van der Waals surface area contributed by atoms with Crippen molar-refractivity contribution in [2.45, 2.75) is 64.7 Å². The molecule has 0 bridgehead atoms. The Bertz CT molecular complexity index is 1460. The molecular formula is C35H40F4N4O3. The smallest absolute Gasteiger partial charge is 0.370 e. The SMILES string of the molecule is CCC.Fc1ccccc1.NC(=O)CC(CCC(F)(F)F)C(=O)NC1N=C(c2ccccc2)c2ccccc2N(CC2CC2)C1=O. The van der Waals surface area contributed by atoms with Crippen molar-refractivity contribution in [3.8, 4) is 0 Å². The highest BCUT2D eigenvalue weighted by atomic mass is 19.4. The molecule has 3 amide bonds. The minimum absolute atomic E-state index is 0.178. The molecule has 11 heteroatoms. The standard InChI is InChI=1S/C26H27F3N4O3.C6H5F.C3H8/c27-26(28,29)13-12-18(14-21(30)34)24(35)32-23-25(36)33(15-16-10-11-16)20-9-5-4-8-19(20)22(31-23)17-6-2-1-3-7-17;7-6-4-2-1-3-5-6;1-3-2/h1-9,16,18,23H,10-15H2,(H2,30,34)(H,32,35);1-5H;3H2,1-2H3. The average Bonchev–Trinajstić information content (AvgIpc) is 3.86. The van der Waals surface area contributed by atoms with Gasteiger partial charge in [-0.25, -0.2) is 9.38 Å². The minimum Gasteiger partial charge on any atom is -0.370 e. The van der Waals surface area contributed by atoms with Crippen LogP contribution >= 0.6 is 0 Å². The molecule has 0 spiro atoms. The number of nitrogens with two attached hydrogens (primary N) is 1. The van der Waals surface area contributed by atoms with E-state index in [0.717, 1.165) is 18.4 Å². The first-order valence-electron chi connectivity index (χ1n) is 15.3. The topological polar surface area (TPSA) is 105 Å². The number of benzene rings is 3. The van der Waals surface area contributed by atoms with Gasteiger partial charge in [-0.2, -0.15) is 13.2 Å². The third-order valence-electron chi connectivity index (χ3n) is 7.00. The molecular weight excluding hydrogens is 600 g/mol. The van der Waals surface area contributed by atoms with E-state index in [1.165, 1.54) is 18.6 Å². The van der Waals surface area contributed by atoms with Crippen LogP contribution in [-0.2, 0) is 14.4 Å². The van der Waals surface area contributed by atoms with E-state index in [1.54, 1.807) is 23.1 Å². The lowest BCUT2D eigenvalue weighted by Gasteiger charge is -2.26. The fraction of sp³-hybridized carbons (Fsp3) is 0.371. The second-order valence-corrected chi connectivity index (χ2v) is 11.2. The average molecular weight is 641 g/mol. The summed E-state index contributed by atoms with van der Waals surface area (Å²) in [5, 5.41) is 2.52. The number of amides is 3. The molecule has 1 saturated carbocycles. The number of anilines is 1. The van der Waals surface area contributed by atoms with Crippen LogP contribution in [0.2, 0.25) is 0 Å². The molecule has 1 heterocycles. The normalized spacial score (nSPS) is 16.3. The second-order valence-electron chi connectivity index (χ2n) is 11.2. The Morgan fingerprint density at radius 3 is 2.04 bits per heavy atom. The Hall–Kier alpha value is -4.54. The zero-order chi connectivity index (χ0) is 33.7. The largest absolute Gasteiger partial charge is 0.389 e. The number of nitrogens with zero attached hydrogens (tertiary/aromatic N) is 2. The molecule has 2 atom stereocenters. The summed E-state index contributed by atoms with van der Waals surface area (Å²) in [6.07, 6.45) is -5.12. The Labute approximate surface area is 266 Å². The molecule has 3 aromatic rings. The molecule has 1 fully saturated rings. The summed E-state index contributed by atoms with van der Waals surface area (Å²) < 4.78 is 50.4. The van der Waals surface area contributed by atoms with Crippen LogP contribution in [0.15, 0.2) is 89.9 Å². The van der Waals surface area contributed by atoms with E-state index in [0.29, 0.717) is 29.4 Å². The quantitative estimate of drug-likeness (QED) is 0.252. The Morgan fingerprint density at radius 1 is 0.957 bits per heavy atom. The van der Waals surface area contributed by atoms with Crippen LogP contribution < -0.4 is 16.0 Å². The van der Waals surface area contributed by atoms with Crippen LogP contribution in [0, 0.1) is 17.7 Å². The fourth-order valence-electron chi connectivity index (χ4n) is 4.67. The summed E-state index contributed by atoms with van der Waals surface area (Å²) in [5.74, 6) is -3.45. The molecule has 0 aromatic heterocycles. The summed E-state index contributed by atoms with van der Waals surface area (Å²) in [5.41, 5.74) is 7.75. The predicted molar refractivity (Wildman–Crippen MR) is 170 cm³/mol. The van der Waals surface area contributed by atoms with Crippen LogP contribution in [0.3, 0.4) is 0 Å². The summed E-state index contributed by atoms with van der Waals surface area (Å²) in [4.78, 5) is 44.4. The third-order valence-corrected chi connectivity index (χ3v) is 7.00. The number of nitrogens with one attached hydrogen (secondary N) is 1. The molecule has 0 saturated heterocycles. The zero-order valence-corrected chi connectivity index (χ0v) is 26.0. The first-order chi connectivity index (χ1) is 21.9. The van der Waals surface area contributed by atoms with Crippen LogP contribution in [0.5, 0.6) is 0 Å². The molecule has 1 aliphatic carbocycles. The molecule has 5 rings (SSSR count). The summed E-state index contributed by atoms with van der Waals surface area (Å²) in [6, 6.07) is 24.4. The van der Waals surface area contributed by atoms with Crippen molar-refractivity contribution >= 4 is 29.1 Å². The van der Waals surface area contributed by atoms with Crippen molar-refractivity contribution in [1.82, 2.24) is 5.32 Å². The van der Waals surface area contributed by atoms with E-state index in [-0.39, 0.29) is 5.82 Å². The zero-order valence-electron chi connectivity index (χ0n) is 26.0. The third kappa shape index (κ3) is 11.4. The number of halogens is 4. The van der Waals surface area contributed by atoms with Crippen LogP contribution in [0.4, 0.5) is 23.2 Å². The van der Waals surface area contributed by atoms with Gasteiger partial charge >= 0.3 is 6.18 Å². The lowest BCUT2D eigenvalue weighted by atomic mass is 9.97. The fourth-order valence-corrected chi connectivity index (χ4v) is 4.67. The molecule has 46 heavy (non-hydrogen) atoms. The summed E-state index contributed by atoms with van der Waals surface area (Å²) in [6.45, 7) is 4.69. The highest BCUT2D eigenvalue weighted by Crippen LogP contribution is 2.35. The van der Waals surface area contributed by atoms with E-state index >= 15 is 0 Å². The van der Waals surface area contributed by atoms with Gasteiger partial charge in [0.25, 0.3) is 5.91 Å². The monoisotopic (exact) mass is 640 g/mol. The van der Waals surface area contributed by atoms with E-state index in [9.17, 15) is 31.9 Å². The summed E-state index contributed by atoms with van der Waals surface area (Å²) in [7, 11) is 0. The van der Waals surface area contributed by atoms with Crippen molar-refractivity contribution < 1.29 is 31.9 Å². The maximum atomic E-state index is 13.7. The number of alkyl halides is 3. The number of aliphatic imine (C=N–C) groups is 1. The van der Waals surface area contributed by atoms with E-state index in [2.05, 4.69) is 24.2 Å². The van der Waals surface area contributed by atoms with E-state index in [1.807, 2.05) is 54.6 Å². The Kier molecular flexibility index (Phi) is 13.5. The lowest BCUT2D eigenvalue weighted by molar-refractivity contribution is -0.143. The lowest BCUT2D eigenvalue weighted by Crippen LogP contribution is -2.49. The highest BCUT2D eigenvalue weighted by Gasteiger charge is 2.38. The second kappa shape index (κ2) is 17.2. The first kappa shape index (κ1) is 35.9. The predicted octanol–water partition coefficient (Wildman–Crippen LogP) is 6.80. The Balaban J connectivity index is 0.000000495. The van der Waals surface area contributed by atoms with E-state index < -0.39 is 55.2 Å². The van der Waals surface area contributed by atoms with Gasteiger partial charge in [0, 0.05) is 36.4 Å². The number of hydrogen-bond donors (Lipinski definition) is 2. The number of primary amides is 1. The van der Waals surface area contributed by atoms with Crippen molar-refractivity contribution in [2.24, 2.45) is 22.6 Å². The van der Waals surface area contributed by atoms with Crippen LogP contribution in [-0.4, -0.2) is 42.3 Å². The van der Waals surface area contributed by atoms with Gasteiger partial charge in [-0.05, 0) is 43.4 Å². The number of rotatable bonds is 9. The summed E-state index contributed by atoms with van der Waals surface area (Å²) >= 11 is 0. The van der Waals surface area contributed by atoms with Gasteiger partial charge in [0.1, 0.15) is 5.82 Å². The number of para-hydroxylation sites is 1. The molecule has 246 valence electrons. The number of benzodiazepines with no additional fused rings is 1. The van der Waals surface area contributed by atoms with Crippen molar-refractivity contribution in [3.05, 3.63) is 102 Å². The van der Waals surface area contributed by atoms with Gasteiger partial charge in [-0.1, -0.05) is 87.0 Å². The van der Waals surface area contributed by atoms with Gasteiger partial charge in [-0.15, -0.1) is 0 Å². The van der Waals surface area contributed by atoms with Gasteiger partial charge in [0.2, 0.25) is 18.0 Å². The van der Waals surface area contributed by atoms with Gasteiger partial charge in [-0.3, -0.25) is 14.4 Å². The van der Waals surface area contributed by atoms with Crippen LogP contribution in [0.1, 0.15) is 63.5 Å². The van der Waals surface area contributed by atoms with Gasteiger partial charge in [0.05, 0.1) is 11.4 Å². The van der Waals surface area contributed by atoms with Crippen molar-refractivity contribution in [2.75, 3.05) is 11.4 Å². The number of carbonyl (C=O) groups excluding carboxylic acids is 3. The number of fused-ring (bicyclic) bond motifs is 1. The highest BCUT2D eigenvalue weighted by molar-refractivity contribution is 6.20. The molecule has 3 N–H and O–H groups in total. The number of hydrogen-bond acceptors (Lipinski definition) is 4. The first-order valence-corrected chi connectivity index (χ1v) is 15.3. The molecule has 7 nitrogen and oxygen atoms in total. The molecule has 2 aliphatic rings. The maximum absolute atomic E-state index is 13.7. The van der Waals surface area contributed by atoms with Gasteiger partial charge < -0.3 is 16.0 Å². The van der Waals surface area contributed by atoms with Crippen molar-refractivity contribution in [3.63, 3.8) is 0 Å². The maximum Gasteiger partial charge on any atom is 0.389 e. The van der Waals surface area contributed by atoms with E-state index in [4.69, 9.17) is 5.73 Å². The molecule has 3 aromatic carbocycles. The minimum atomic E-state index is -4.50.